The summed E-state index contributed by atoms with van der Waals surface area (Å²) in [5.41, 5.74) is 1.27. The van der Waals surface area contributed by atoms with Gasteiger partial charge in [-0.25, -0.2) is 24.0 Å². The summed E-state index contributed by atoms with van der Waals surface area (Å²) in [6, 6.07) is 41.6. The van der Waals surface area contributed by atoms with Gasteiger partial charge in [0.05, 0.1) is 49.0 Å². The lowest BCUT2D eigenvalue weighted by Gasteiger charge is -2.52. The van der Waals surface area contributed by atoms with E-state index in [-0.39, 0.29) is 33.9 Å². The molecule has 17 nitrogen and oxygen atoms in total. The van der Waals surface area contributed by atoms with Gasteiger partial charge in [-0.3, -0.25) is 0 Å². The number of carbonyl (C=O) groups excluding carboxylic acids is 5. The molecular weight excluding hydrogens is 985 g/mol. The van der Waals surface area contributed by atoms with E-state index in [1.54, 1.807) is 84.9 Å². The summed E-state index contributed by atoms with van der Waals surface area (Å²) in [4.78, 5) is 70.9. The highest BCUT2D eigenvalue weighted by Crippen LogP contribution is 2.45. The third kappa shape index (κ3) is 12.7. The van der Waals surface area contributed by atoms with E-state index in [1.165, 1.54) is 43.5 Å². The topological polar surface area (TPSA) is 196 Å². The lowest BCUT2D eigenvalue weighted by atomic mass is 9.90. The van der Waals surface area contributed by atoms with E-state index in [0.717, 1.165) is 7.11 Å². The van der Waals surface area contributed by atoms with Crippen LogP contribution in [0.1, 0.15) is 80.5 Å². The zero-order valence-corrected chi connectivity index (χ0v) is 43.8. The van der Waals surface area contributed by atoms with Crippen molar-refractivity contribution >= 4 is 38.2 Å². The minimum absolute atomic E-state index is 0.0305. The molecule has 3 saturated heterocycles. The first-order valence-corrected chi connectivity index (χ1v) is 27.5. The Morgan fingerprint density at radius 3 is 1.47 bits per heavy atom. The predicted octanol–water partition coefficient (Wildman–Crippen LogP) is 8.44. The molecule has 0 aliphatic carbocycles. The molecular formula is C57H62O17Si. The summed E-state index contributed by atoms with van der Waals surface area (Å²) in [6.07, 6.45) is -13.9. The Morgan fingerprint density at radius 2 is 1.00 bits per heavy atom. The van der Waals surface area contributed by atoms with Gasteiger partial charge >= 0.3 is 29.8 Å². The average molecular weight is 1050 g/mol. The van der Waals surface area contributed by atoms with Crippen LogP contribution in [0, 0.1) is 0 Å². The van der Waals surface area contributed by atoms with Crippen molar-refractivity contribution in [2.24, 2.45) is 0 Å². The zero-order chi connectivity index (χ0) is 53.3. The highest BCUT2D eigenvalue weighted by molar-refractivity contribution is 6.74. The van der Waals surface area contributed by atoms with Gasteiger partial charge in [-0.15, -0.1) is 0 Å². The molecule has 8 rings (SSSR count). The van der Waals surface area contributed by atoms with Crippen molar-refractivity contribution in [3.05, 3.63) is 179 Å². The van der Waals surface area contributed by atoms with E-state index in [9.17, 15) is 24.0 Å². The first kappa shape index (κ1) is 54.6. The molecule has 3 aliphatic rings. The smallest absolute Gasteiger partial charge is 0.366 e. The second-order valence-electron chi connectivity index (χ2n) is 19.7. The summed E-state index contributed by atoms with van der Waals surface area (Å²) in [5, 5.41) is -0.219. The number of esters is 5. The maximum absolute atomic E-state index is 14.6. The zero-order valence-electron chi connectivity index (χ0n) is 42.8. The molecule has 75 heavy (non-hydrogen) atoms. The van der Waals surface area contributed by atoms with Crippen molar-refractivity contribution in [2.45, 2.75) is 113 Å². The highest BCUT2D eigenvalue weighted by Gasteiger charge is 2.62. The van der Waals surface area contributed by atoms with Crippen LogP contribution in [0.5, 0.6) is 0 Å². The third-order valence-corrected chi connectivity index (χ3v) is 18.2. The molecule has 3 heterocycles. The molecule has 0 radical (unpaired) electrons. The second kappa shape index (κ2) is 23.9. The second-order valence-corrected chi connectivity index (χ2v) is 24.5. The van der Waals surface area contributed by atoms with Crippen LogP contribution in [0.2, 0.25) is 18.1 Å². The minimum Gasteiger partial charge on any atom is -0.465 e. The Kier molecular flexibility index (Phi) is 17.4. The first-order valence-electron chi connectivity index (χ1n) is 24.6. The third-order valence-electron chi connectivity index (χ3n) is 13.7. The van der Waals surface area contributed by atoms with Crippen LogP contribution in [0.4, 0.5) is 0 Å². The minimum atomic E-state index is -2.49. The lowest BCUT2D eigenvalue weighted by molar-refractivity contribution is -0.389. The van der Waals surface area contributed by atoms with Gasteiger partial charge in [-0.05, 0) is 66.7 Å². The molecule has 3 unspecified atom stereocenters. The SMILES string of the molecule is COC(=O)C1(OC[C@H]2O[C@H](OC)[C@H](OC(=O)c3ccccc3)[C@@H](OC(=O)c3ccccc3)[C@@H]2OC(=O)c2ccccc2)C[C@@H](OC(=O)c2ccccc2)[C@H]2OC(c3ccccc3)OC(CO[Si](C)(C)C(C)(C)C)[C@H]2O1. The number of rotatable bonds is 17. The number of hydrogen-bond donors (Lipinski definition) is 0. The molecule has 0 amide bonds. The Hall–Kier alpha value is -6.61. The van der Waals surface area contributed by atoms with Crippen molar-refractivity contribution in [1.82, 2.24) is 0 Å². The van der Waals surface area contributed by atoms with Crippen LogP contribution in [0.15, 0.2) is 152 Å². The van der Waals surface area contributed by atoms with Gasteiger partial charge in [-0.1, -0.05) is 124 Å². The maximum Gasteiger partial charge on any atom is 0.366 e. The van der Waals surface area contributed by atoms with Crippen LogP contribution < -0.4 is 0 Å². The summed E-state index contributed by atoms with van der Waals surface area (Å²) in [5.74, 6) is -6.79. The quantitative estimate of drug-likeness (QED) is 0.0488. The Labute approximate surface area is 436 Å². The largest absolute Gasteiger partial charge is 0.465 e. The molecule has 396 valence electrons. The van der Waals surface area contributed by atoms with Crippen molar-refractivity contribution in [1.29, 1.82) is 0 Å². The molecule has 11 atom stereocenters. The normalized spacial score (nSPS) is 26.7. The fraction of sp³-hybridized carbons (Fsp3) is 0.386. The summed E-state index contributed by atoms with van der Waals surface area (Å²) >= 11 is 0. The van der Waals surface area contributed by atoms with Gasteiger partial charge in [0.25, 0.3) is 5.79 Å². The van der Waals surface area contributed by atoms with Gasteiger partial charge in [-0.2, -0.15) is 0 Å². The van der Waals surface area contributed by atoms with Crippen LogP contribution in [0.25, 0.3) is 0 Å². The number of ether oxygens (including phenoxy) is 11. The predicted molar refractivity (Wildman–Crippen MR) is 271 cm³/mol. The van der Waals surface area contributed by atoms with Crippen molar-refractivity contribution < 1.29 is 80.5 Å². The van der Waals surface area contributed by atoms with Crippen LogP contribution in [-0.2, 0) is 61.3 Å². The van der Waals surface area contributed by atoms with E-state index < -0.39 is 118 Å². The number of benzene rings is 5. The Bertz CT molecular complexity index is 2710. The van der Waals surface area contributed by atoms with E-state index in [4.69, 9.17) is 56.5 Å². The Morgan fingerprint density at radius 1 is 0.547 bits per heavy atom. The van der Waals surface area contributed by atoms with Crippen molar-refractivity contribution in [2.75, 3.05) is 27.4 Å². The van der Waals surface area contributed by atoms with Crippen LogP contribution in [-0.4, -0.2) is 127 Å². The van der Waals surface area contributed by atoms with Crippen molar-refractivity contribution in [3.8, 4) is 0 Å². The van der Waals surface area contributed by atoms with E-state index in [1.807, 2.05) is 30.3 Å². The van der Waals surface area contributed by atoms with Gasteiger partial charge in [0.2, 0.25) is 0 Å². The molecule has 3 fully saturated rings. The monoisotopic (exact) mass is 1050 g/mol. The van der Waals surface area contributed by atoms with E-state index >= 15 is 0 Å². The highest BCUT2D eigenvalue weighted by atomic mass is 28.4. The Balaban J connectivity index is 1.20. The number of hydrogen-bond acceptors (Lipinski definition) is 17. The molecule has 5 aromatic carbocycles. The number of carbonyl (C=O) groups is 5. The molecule has 0 N–H and O–H groups in total. The molecule has 3 aliphatic heterocycles. The van der Waals surface area contributed by atoms with Gasteiger partial charge in [0.15, 0.2) is 39.2 Å². The van der Waals surface area contributed by atoms with Gasteiger partial charge in [0, 0.05) is 12.7 Å². The fourth-order valence-electron chi connectivity index (χ4n) is 8.65. The van der Waals surface area contributed by atoms with Gasteiger partial charge in [0.1, 0.15) is 30.5 Å². The van der Waals surface area contributed by atoms with E-state index in [0.29, 0.717) is 5.56 Å². The number of fused-ring (bicyclic) bond motifs is 1. The summed E-state index contributed by atoms with van der Waals surface area (Å²) < 4.78 is 76.2. The standard InChI is InChI=1S/C57H62O17Si/c1-56(2,3)75(6,7)66-35-43-46-44(73-53(68-43)40-31-21-12-22-32-40)41(67-49(58)36-23-13-8-14-24-36)33-57(74-46,55(62)64-5)65-34-42-45(70-50(59)37-25-15-9-16-26-37)47(71-51(60)38-27-17-10-18-28-38)48(54(63-4)69-42)72-52(61)39-29-19-11-20-30-39/h8-32,41-48,53-54H,33-35H2,1-7H3/t41-,42-,43?,44-,45-,46-,47+,48-,53?,54+,57?/m1/s1. The molecule has 18 heteroatoms. The van der Waals surface area contributed by atoms with Crippen LogP contribution in [0.3, 0.4) is 0 Å². The first-order chi connectivity index (χ1) is 36.0. The molecule has 0 saturated carbocycles. The fourth-order valence-corrected chi connectivity index (χ4v) is 9.66. The summed E-state index contributed by atoms with van der Waals surface area (Å²) in [6.45, 7) is 9.75. The average Bonchev–Trinajstić information content (AvgIpc) is 3.44. The van der Waals surface area contributed by atoms with Crippen molar-refractivity contribution in [3.63, 3.8) is 0 Å². The molecule has 5 aromatic rings. The van der Waals surface area contributed by atoms with Crippen LogP contribution >= 0.6 is 0 Å². The molecule has 0 aromatic heterocycles. The summed E-state index contributed by atoms with van der Waals surface area (Å²) in [7, 11) is -0.0723. The maximum atomic E-state index is 14.6. The number of methoxy groups -OCH3 is 2. The van der Waals surface area contributed by atoms with E-state index in [2.05, 4.69) is 33.9 Å². The van der Waals surface area contributed by atoms with Gasteiger partial charge < -0.3 is 56.5 Å². The molecule has 0 bridgehead atoms. The lowest BCUT2D eigenvalue weighted by Crippen LogP contribution is -2.68. The molecule has 0 spiro atoms.